The highest BCUT2D eigenvalue weighted by Gasteiger charge is 2.28. The summed E-state index contributed by atoms with van der Waals surface area (Å²) in [5.41, 5.74) is -2.22. The van der Waals surface area contributed by atoms with E-state index in [2.05, 4.69) is 4.74 Å². The summed E-state index contributed by atoms with van der Waals surface area (Å²) in [5.74, 6) is -2.04. The Labute approximate surface area is 99.9 Å². The molecule has 0 spiro atoms. The average molecular weight is 256 g/mol. The number of hydrogen-bond donors (Lipinski definition) is 1. The van der Waals surface area contributed by atoms with E-state index in [0.29, 0.717) is 0 Å². The lowest BCUT2D eigenvalue weighted by Crippen LogP contribution is -2.06. The number of ether oxygens (including phenoxy) is 1. The van der Waals surface area contributed by atoms with Crippen LogP contribution in [0.2, 0.25) is 0 Å². The van der Waals surface area contributed by atoms with Crippen LogP contribution in [-0.2, 0) is 4.74 Å². The van der Waals surface area contributed by atoms with Crippen LogP contribution in [0.3, 0.4) is 0 Å². The van der Waals surface area contributed by atoms with E-state index < -0.39 is 32.9 Å². The molecule has 1 N–H and O–H groups in total. The number of phenols is 1. The number of phenolic OH excluding ortho intramolecular Hbond substituents is 1. The second-order valence-electron chi connectivity index (χ2n) is 3.10. The van der Waals surface area contributed by atoms with Crippen LogP contribution >= 0.6 is 0 Å². The number of nitro groups is 2. The number of aromatic hydroxyl groups is 1. The zero-order valence-electron chi connectivity index (χ0n) is 9.15. The normalized spacial score (nSPS) is 9.83. The fourth-order valence-electron chi connectivity index (χ4n) is 1.21. The van der Waals surface area contributed by atoms with Gasteiger partial charge in [-0.15, -0.1) is 0 Å². The van der Waals surface area contributed by atoms with Crippen molar-refractivity contribution in [1.29, 1.82) is 0 Å². The summed E-state index contributed by atoms with van der Waals surface area (Å²) in [5, 5.41) is 30.5. The van der Waals surface area contributed by atoms with Gasteiger partial charge in [0.25, 0.3) is 5.75 Å². The Balaban J connectivity index is 3.43. The van der Waals surface area contributed by atoms with Crippen LogP contribution in [0.1, 0.15) is 17.3 Å². The SMILES string of the molecule is CCOC(=O)c1cc([N+](=O)[O-])c(O)c([N+](=O)[O-])c1. The maximum Gasteiger partial charge on any atom is 0.338 e. The number of carbonyl (C=O) groups is 1. The predicted octanol–water partition coefficient (Wildman–Crippen LogP) is 1.39. The topological polar surface area (TPSA) is 133 Å². The Hall–Kier alpha value is -2.71. The number of carbonyl (C=O) groups excluding carboxylic acids is 1. The van der Waals surface area contributed by atoms with Crippen LogP contribution < -0.4 is 0 Å². The van der Waals surface area contributed by atoms with Crippen molar-refractivity contribution in [3.05, 3.63) is 37.9 Å². The zero-order chi connectivity index (χ0) is 13.9. The molecule has 1 rings (SSSR count). The summed E-state index contributed by atoms with van der Waals surface area (Å²) < 4.78 is 4.57. The highest BCUT2D eigenvalue weighted by molar-refractivity contribution is 5.92. The number of nitrogens with zero attached hydrogens (tertiary/aromatic N) is 2. The van der Waals surface area contributed by atoms with Crippen molar-refractivity contribution in [2.24, 2.45) is 0 Å². The quantitative estimate of drug-likeness (QED) is 0.488. The lowest BCUT2D eigenvalue weighted by Gasteiger charge is -2.03. The lowest BCUT2D eigenvalue weighted by molar-refractivity contribution is -0.396. The Morgan fingerprint density at radius 2 is 1.72 bits per heavy atom. The van der Waals surface area contributed by atoms with Gasteiger partial charge in [-0.2, -0.15) is 0 Å². The molecular weight excluding hydrogens is 248 g/mol. The first kappa shape index (κ1) is 13.4. The van der Waals surface area contributed by atoms with Crippen LogP contribution in [0.4, 0.5) is 11.4 Å². The van der Waals surface area contributed by atoms with Crippen molar-refractivity contribution in [2.45, 2.75) is 6.92 Å². The smallest absolute Gasteiger partial charge is 0.338 e. The van der Waals surface area contributed by atoms with E-state index in [1.54, 1.807) is 0 Å². The van der Waals surface area contributed by atoms with Crippen LogP contribution in [0.5, 0.6) is 5.75 Å². The van der Waals surface area contributed by atoms with Crippen molar-refractivity contribution < 1.29 is 24.5 Å². The van der Waals surface area contributed by atoms with E-state index in [1.165, 1.54) is 6.92 Å². The van der Waals surface area contributed by atoms with E-state index >= 15 is 0 Å². The van der Waals surface area contributed by atoms with E-state index in [9.17, 15) is 30.1 Å². The molecule has 0 amide bonds. The highest BCUT2D eigenvalue weighted by Crippen LogP contribution is 2.36. The molecule has 0 saturated heterocycles. The monoisotopic (exact) mass is 256 g/mol. The summed E-state index contributed by atoms with van der Waals surface area (Å²) in [6.07, 6.45) is 0. The molecule has 0 heterocycles. The summed E-state index contributed by atoms with van der Waals surface area (Å²) in [6, 6.07) is 1.45. The van der Waals surface area contributed by atoms with Gasteiger partial charge < -0.3 is 9.84 Å². The molecule has 0 aliphatic rings. The van der Waals surface area contributed by atoms with Gasteiger partial charge in [0, 0.05) is 12.1 Å². The molecule has 0 radical (unpaired) electrons. The fraction of sp³-hybridized carbons (Fsp3) is 0.222. The molecule has 9 nitrogen and oxygen atoms in total. The third kappa shape index (κ3) is 2.51. The van der Waals surface area contributed by atoms with Gasteiger partial charge in [0.2, 0.25) is 0 Å². The summed E-state index contributed by atoms with van der Waals surface area (Å²) in [4.78, 5) is 30.5. The minimum absolute atomic E-state index is 0.0152. The number of esters is 1. The molecular formula is C9H8N2O7. The van der Waals surface area contributed by atoms with Gasteiger partial charge in [0.05, 0.1) is 22.0 Å². The van der Waals surface area contributed by atoms with Gasteiger partial charge in [-0.1, -0.05) is 0 Å². The lowest BCUT2D eigenvalue weighted by atomic mass is 10.1. The minimum atomic E-state index is -1.10. The van der Waals surface area contributed by atoms with Gasteiger partial charge in [-0.3, -0.25) is 20.2 Å². The van der Waals surface area contributed by atoms with Crippen molar-refractivity contribution in [2.75, 3.05) is 6.61 Å². The Bertz CT molecular complexity index is 491. The molecule has 0 fully saturated rings. The summed E-state index contributed by atoms with van der Waals surface area (Å²) in [6.45, 7) is 1.53. The number of rotatable bonds is 4. The number of nitro benzene ring substituents is 2. The maximum atomic E-state index is 11.4. The summed E-state index contributed by atoms with van der Waals surface area (Å²) >= 11 is 0. The van der Waals surface area contributed by atoms with Gasteiger partial charge in [-0.25, -0.2) is 4.79 Å². The Kier molecular flexibility index (Phi) is 3.77. The van der Waals surface area contributed by atoms with Crippen molar-refractivity contribution in [3.63, 3.8) is 0 Å². The first-order valence-electron chi connectivity index (χ1n) is 4.71. The van der Waals surface area contributed by atoms with E-state index in [4.69, 9.17) is 0 Å². The predicted molar refractivity (Wildman–Crippen MR) is 57.4 cm³/mol. The molecule has 9 heteroatoms. The maximum absolute atomic E-state index is 11.4. The van der Waals surface area contributed by atoms with Gasteiger partial charge in [0.15, 0.2) is 0 Å². The molecule has 0 bridgehead atoms. The Morgan fingerprint density at radius 1 is 1.28 bits per heavy atom. The van der Waals surface area contributed by atoms with Crippen molar-refractivity contribution >= 4 is 17.3 Å². The van der Waals surface area contributed by atoms with E-state index in [-0.39, 0.29) is 12.2 Å². The number of hydrogen-bond acceptors (Lipinski definition) is 7. The van der Waals surface area contributed by atoms with Crippen LogP contribution in [-0.4, -0.2) is 27.5 Å². The zero-order valence-corrected chi connectivity index (χ0v) is 9.15. The largest absolute Gasteiger partial charge is 0.497 e. The van der Waals surface area contributed by atoms with E-state index in [0.717, 1.165) is 12.1 Å². The van der Waals surface area contributed by atoms with Crippen LogP contribution in [0, 0.1) is 20.2 Å². The molecule has 0 aromatic heterocycles. The van der Waals surface area contributed by atoms with Gasteiger partial charge in [-0.05, 0) is 6.92 Å². The van der Waals surface area contributed by atoms with Gasteiger partial charge in [0.1, 0.15) is 0 Å². The molecule has 1 aromatic rings. The fourth-order valence-corrected chi connectivity index (χ4v) is 1.21. The second kappa shape index (κ2) is 5.08. The molecule has 1 aromatic carbocycles. The minimum Gasteiger partial charge on any atom is -0.497 e. The van der Waals surface area contributed by atoms with Gasteiger partial charge >= 0.3 is 17.3 Å². The molecule has 96 valence electrons. The molecule has 18 heavy (non-hydrogen) atoms. The second-order valence-corrected chi connectivity index (χ2v) is 3.10. The third-order valence-electron chi connectivity index (χ3n) is 1.97. The number of benzene rings is 1. The molecule has 0 atom stereocenters. The van der Waals surface area contributed by atoms with Crippen molar-refractivity contribution in [1.82, 2.24) is 0 Å². The Morgan fingerprint density at radius 3 is 2.06 bits per heavy atom. The van der Waals surface area contributed by atoms with E-state index in [1.807, 2.05) is 0 Å². The standard InChI is InChI=1S/C9H8N2O7/c1-2-18-9(13)5-3-6(10(14)15)8(12)7(4-5)11(16)17/h3-4,12H,2H2,1H3. The first-order chi connectivity index (χ1) is 8.38. The molecule has 0 unspecified atom stereocenters. The van der Waals surface area contributed by atoms with Crippen LogP contribution in [0.15, 0.2) is 12.1 Å². The molecule has 0 saturated carbocycles. The van der Waals surface area contributed by atoms with Crippen LogP contribution in [0.25, 0.3) is 0 Å². The average Bonchev–Trinajstić information content (AvgIpc) is 2.28. The molecule has 0 aliphatic heterocycles. The first-order valence-corrected chi connectivity index (χ1v) is 4.71. The third-order valence-corrected chi connectivity index (χ3v) is 1.97. The molecule has 0 aliphatic carbocycles. The summed E-state index contributed by atoms with van der Waals surface area (Å²) in [7, 11) is 0. The highest BCUT2D eigenvalue weighted by atomic mass is 16.6. The van der Waals surface area contributed by atoms with Crippen molar-refractivity contribution in [3.8, 4) is 5.75 Å².